The van der Waals surface area contributed by atoms with E-state index in [1.165, 1.54) is 5.56 Å². The zero-order valence-corrected chi connectivity index (χ0v) is 14.9. The van der Waals surface area contributed by atoms with Gasteiger partial charge in [-0.2, -0.15) is 0 Å². The number of benzene rings is 1. The maximum atomic E-state index is 11.4. The maximum Gasteiger partial charge on any atom is 0.169 e. The van der Waals surface area contributed by atoms with Gasteiger partial charge in [-0.15, -0.1) is 11.3 Å². The van der Waals surface area contributed by atoms with Crippen molar-refractivity contribution in [2.75, 3.05) is 39.3 Å². The molecule has 1 saturated heterocycles. The molecule has 0 radical (unpaired) electrons. The molecule has 0 spiro atoms. The summed E-state index contributed by atoms with van der Waals surface area (Å²) in [5.74, 6) is 1.10. The summed E-state index contributed by atoms with van der Waals surface area (Å²) in [6, 6.07) is 12.0. The first-order valence-electron chi connectivity index (χ1n) is 8.41. The molecule has 1 fully saturated rings. The molecule has 0 unspecified atom stereocenters. The topological polar surface area (TPSA) is 32.8 Å². The van der Waals surface area contributed by atoms with Crippen LogP contribution in [0.2, 0.25) is 0 Å². The van der Waals surface area contributed by atoms with Crippen molar-refractivity contribution < 1.29 is 9.53 Å². The van der Waals surface area contributed by atoms with E-state index in [1.54, 1.807) is 18.3 Å². The van der Waals surface area contributed by atoms with Gasteiger partial charge in [0.1, 0.15) is 12.4 Å². The summed E-state index contributed by atoms with van der Waals surface area (Å²) in [4.78, 5) is 17.1. The third-order valence-corrected chi connectivity index (χ3v) is 5.37. The molecule has 0 atom stereocenters. The summed E-state index contributed by atoms with van der Waals surface area (Å²) < 4.78 is 5.77. The number of carbonyl (C=O) groups excluding carboxylic acids is 1. The molecule has 1 aromatic carbocycles. The molecule has 0 N–H and O–H groups in total. The predicted octanol–water partition coefficient (Wildman–Crippen LogP) is 3.15. The van der Waals surface area contributed by atoms with E-state index in [2.05, 4.69) is 15.2 Å². The van der Waals surface area contributed by atoms with Gasteiger partial charge >= 0.3 is 0 Å². The van der Waals surface area contributed by atoms with Gasteiger partial charge in [0.2, 0.25) is 0 Å². The first-order valence-corrected chi connectivity index (χ1v) is 9.29. The average molecular weight is 344 g/mol. The van der Waals surface area contributed by atoms with Crippen LogP contribution in [0, 0.1) is 0 Å². The fourth-order valence-electron chi connectivity index (χ4n) is 2.88. The summed E-state index contributed by atoms with van der Waals surface area (Å²) in [6.45, 7) is 8.55. The molecule has 5 heteroatoms. The highest BCUT2D eigenvalue weighted by molar-refractivity contribution is 7.12. The molecule has 0 saturated carbocycles. The molecule has 2 aromatic rings. The minimum Gasteiger partial charge on any atom is -0.492 e. The first-order chi connectivity index (χ1) is 11.7. The highest BCUT2D eigenvalue weighted by Crippen LogP contribution is 2.17. The lowest BCUT2D eigenvalue weighted by Gasteiger charge is -2.34. The highest BCUT2D eigenvalue weighted by atomic mass is 32.1. The van der Waals surface area contributed by atoms with E-state index in [9.17, 15) is 4.79 Å². The number of carbonyl (C=O) groups is 1. The molecule has 128 valence electrons. The van der Waals surface area contributed by atoms with Crippen molar-refractivity contribution in [3.63, 3.8) is 0 Å². The number of Topliss-reactive ketones (excluding diaryl/α,β-unsaturated/α-hetero) is 1. The van der Waals surface area contributed by atoms with Crippen LogP contribution >= 0.6 is 11.3 Å². The summed E-state index contributed by atoms with van der Waals surface area (Å²) in [5, 5.41) is 2.11. The third-order valence-electron chi connectivity index (χ3n) is 4.29. The smallest absolute Gasteiger partial charge is 0.169 e. The number of rotatable bonds is 7. The number of hydrogen-bond acceptors (Lipinski definition) is 5. The fraction of sp³-hybridized carbons (Fsp3) is 0.421. The lowest BCUT2D eigenvalue weighted by Crippen LogP contribution is -2.46. The Balaban J connectivity index is 1.37. The Morgan fingerprint density at radius 1 is 1.12 bits per heavy atom. The quantitative estimate of drug-likeness (QED) is 0.723. The average Bonchev–Trinajstić information content (AvgIpc) is 3.06. The molecule has 1 aliphatic heterocycles. The molecule has 1 aromatic heterocycles. The number of hydrogen-bond donors (Lipinski definition) is 0. The van der Waals surface area contributed by atoms with E-state index < -0.39 is 0 Å². The van der Waals surface area contributed by atoms with Crippen LogP contribution in [0.25, 0.3) is 0 Å². The first kappa shape index (κ1) is 17.1. The molecular weight excluding hydrogens is 320 g/mol. The van der Waals surface area contributed by atoms with E-state index in [0.717, 1.165) is 56.5 Å². The van der Waals surface area contributed by atoms with Gasteiger partial charge in [-0.25, -0.2) is 0 Å². The lowest BCUT2D eigenvalue weighted by molar-refractivity contribution is 0.102. The van der Waals surface area contributed by atoms with Crippen molar-refractivity contribution in [1.82, 2.24) is 9.80 Å². The minimum atomic E-state index is 0.162. The van der Waals surface area contributed by atoms with Gasteiger partial charge in [0.05, 0.1) is 4.88 Å². The third kappa shape index (κ3) is 4.90. The Morgan fingerprint density at radius 2 is 1.83 bits per heavy atom. The molecule has 0 amide bonds. The van der Waals surface area contributed by atoms with Crippen molar-refractivity contribution in [3.05, 3.63) is 52.2 Å². The van der Waals surface area contributed by atoms with Gasteiger partial charge < -0.3 is 4.74 Å². The molecular formula is C19H24N2O2S. The van der Waals surface area contributed by atoms with E-state index in [4.69, 9.17) is 4.74 Å². The van der Waals surface area contributed by atoms with E-state index >= 15 is 0 Å². The molecule has 0 bridgehead atoms. The van der Waals surface area contributed by atoms with Crippen molar-refractivity contribution in [3.8, 4) is 5.75 Å². The second kappa shape index (κ2) is 8.42. The van der Waals surface area contributed by atoms with Crippen LogP contribution in [0.15, 0.2) is 41.8 Å². The Kier molecular flexibility index (Phi) is 6.01. The second-order valence-corrected chi connectivity index (χ2v) is 7.07. The van der Waals surface area contributed by atoms with Crippen LogP contribution < -0.4 is 4.74 Å². The number of nitrogens with zero attached hydrogens (tertiary/aromatic N) is 2. The molecule has 24 heavy (non-hydrogen) atoms. The number of piperazine rings is 1. The summed E-state index contributed by atoms with van der Waals surface area (Å²) in [6.07, 6.45) is 0. The largest absolute Gasteiger partial charge is 0.492 e. The van der Waals surface area contributed by atoms with Crippen molar-refractivity contribution in [1.29, 1.82) is 0 Å². The Morgan fingerprint density at radius 3 is 2.50 bits per heavy atom. The normalized spacial score (nSPS) is 16.2. The van der Waals surface area contributed by atoms with Crippen LogP contribution in [0.5, 0.6) is 5.75 Å². The Labute approximate surface area is 147 Å². The summed E-state index contributed by atoms with van der Waals surface area (Å²) in [5.41, 5.74) is 1.26. The van der Waals surface area contributed by atoms with E-state index in [1.807, 2.05) is 36.4 Å². The zero-order chi connectivity index (χ0) is 16.8. The summed E-state index contributed by atoms with van der Waals surface area (Å²) >= 11 is 1.55. The van der Waals surface area contributed by atoms with Gasteiger partial charge in [0.15, 0.2) is 5.78 Å². The maximum absolute atomic E-state index is 11.4. The van der Waals surface area contributed by atoms with E-state index in [-0.39, 0.29) is 5.78 Å². The Hall–Kier alpha value is -1.69. The number of para-hydroxylation sites is 1. The van der Waals surface area contributed by atoms with Gasteiger partial charge in [0.25, 0.3) is 0 Å². The summed E-state index contributed by atoms with van der Waals surface area (Å²) in [7, 11) is 0. The van der Waals surface area contributed by atoms with Gasteiger partial charge in [-0.05, 0) is 36.1 Å². The Bertz CT molecular complexity index is 648. The van der Waals surface area contributed by atoms with Crippen LogP contribution in [-0.2, 0) is 6.54 Å². The standard InChI is InChI=1S/C19H24N2O2S/c1-16(22)19-13-17(15-24-19)14-21-9-7-20(8-10-21)11-12-23-18-5-3-2-4-6-18/h2-6,13,15H,7-12,14H2,1H3. The van der Waals surface area contributed by atoms with Gasteiger partial charge in [-0.3, -0.25) is 14.6 Å². The van der Waals surface area contributed by atoms with Crippen LogP contribution in [0.4, 0.5) is 0 Å². The van der Waals surface area contributed by atoms with Crippen LogP contribution in [-0.4, -0.2) is 54.9 Å². The van der Waals surface area contributed by atoms with Crippen molar-refractivity contribution >= 4 is 17.1 Å². The second-order valence-electron chi connectivity index (χ2n) is 6.15. The number of ketones is 1. The minimum absolute atomic E-state index is 0.162. The van der Waals surface area contributed by atoms with Gasteiger partial charge in [-0.1, -0.05) is 18.2 Å². The number of ether oxygens (including phenoxy) is 1. The monoisotopic (exact) mass is 344 g/mol. The molecule has 3 rings (SSSR count). The zero-order valence-electron chi connectivity index (χ0n) is 14.1. The lowest BCUT2D eigenvalue weighted by atomic mass is 10.2. The van der Waals surface area contributed by atoms with Crippen LogP contribution in [0.3, 0.4) is 0 Å². The van der Waals surface area contributed by atoms with Crippen LogP contribution in [0.1, 0.15) is 22.2 Å². The molecule has 0 aliphatic carbocycles. The van der Waals surface area contributed by atoms with Crippen molar-refractivity contribution in [2.45, 2.75) is 13.5 Å². The highest BCUT2D eigenvalue weighted by Gasteiger charge is 2.17. The molecule has 2 heterocycles. The molecule has 4 nitrogen and oxygen atoms in total. The predicted molar refractivity (Wildman–Crippen MR) is 98.0 cm³/mol. The van der Waals surface area contributed by atoms with Gasteiger partial charge in [0, 0.05) is 39.3 Å². The SMILES string of the molecule is CC(=O)c1cc(CN2CCN(CCOc3ccccc3)CC2)cs1. The van der Waals surface area contributed by atoms with Crippen molar-refractivity contribution in [2.24, 2.45) is 0 Å². The molecule has 1 aliphatic rings. The number of thiophene rings is 1. The van der Waals surface area contributed by atoms with E-state index in [0.29, 0.717) is 0 Å². The fourth-order valence-corrected chi connectivity index (χ4v) is 3.69.